The second-order valence-corrected chi connectivity index (χ2v) is 7.49. The second kappa shape index (κ2) is 7.52. The molecule has 6 nitrogen and oxygen atoms in total. The number of piperazine rings is 1. The molecule has 140 valence electrons. The number of hydrogen-bond donors (Lipinski definition) is 0. The summed E-state index contributed by atoms with van der Waals surface area (Å²) in [7, 11) is 0. The van der Waals surface area contributed by atoms with Crippen LogP contribution >= 0.6 is 11.5 Å². The molecule has 0 atom stereocenters. The Bertz CT molecular complexity index is 949. The first-order valence-corrected chi connectivity index (χ1v) is 9.83. The lowest BCUT2D eigenvalue weighted by Crippen LogP contribution is -2.50. The summed E-state index contributed by atoms with van der Waals surface area (Å²) in [5.74, 6) is 0.512. The number of para-hydroxylation sites is 1. The zero-order valence-electron chi connectivity index (χ0n) is 15.5. The lowest BCUT2D eigenvalue weighted by molar-refractivity contribution is -0.133. The van der Waals surface area contributed by atoms with Crippen molar-refractivity contribution in [1.82, 2.24) is 14.3 Å². The van der Waals surface area contributed by atoms with E-state index in [1.165, 1.54) is 17.2 Å². The molecule has 3 aromatic rings. The number of carbonyl (C=O) groups is 1. The van der Waals surface area contributed by atoms with Gasteiger partial charge >= 0.3 is 0 Å². The van der Waals surface area contributed by atoms with Crippen molar-refractivity contribution in [2.24, 2.45) is 0 Å². The Morgan fingerprint density at radius 3 is 2.63 bits per heavy atom. The van der Waals surface area contributed by atoms with E-state index < -0.39 is 0 Å². The van der Waals surface area contributed by atoms with Crippen LogP contribution in [0.15, 0.2) is 36.4 Å². The van der Waals surface area contributed by atoms with Crippen LogP contribution in [0.5, 0.6) is 5.88 Å². The first kappa shape index (κ1) is 17.7. The number of pyridine rings is 1. The molecule has 1 aromatic carbocycles. The van der Waals surface area contributed by atoms with Gasteiger partial charge in [0, 0.05) is 37.6 Å². The molecule has 0 saturated carbocycles. The largest absolute Gasteiger partial charge is 0.466 e. The van der Waals surface area contributed by atoms with E-state index in [0.717, 1.165) is 34.6 Å². The Morgan fingerprint density at radius 2 is 1.89 bits per heavy atom. The number of benzene rings is 1. The Kier molecular flexibility index (Phi) is 4.94. The molecule has 4 rings (SSSR count). The fourth-order valence-electron chi connectivity index (χ4n) is 3.43. The normalized spacial score (nSPS) is 14.6. The molecule has 0 spiro atoms. The fourth-order valence-corrected chi connectivity index (χ4v) is 4.27. The fraction of sp³-hybridized carbons (Fsp3) is 0.350. The van der Waals surface area contributed by atoms with Crippen molar-refractivity contribution in [3.63, 3.8) is 0 Å². The van der Waals surface area contributed by atoms with Gasteiger partial charge in [-0.15, -0.1) is 0 Å². The van der Waals surface area contributed by atoms with Crippen LogP contribution in [0.3, 0.4) is 0 Å². The molecule has 1 aliphatic heterocycles. The van der Waals surface area contributed by atoms with E-state index in [9.17, 15) is 4.79 Å². The van der Waals surface area contributed by atoms with Crippen molar-refractivity contribution >= 4 is 33.3 Å². The highest BCUT2D eigenvalue weighted by atomic mass is 32.1. The van der Waals surface area contributed by atoms with Gasteiger partial charge in [-0.05, 0) is 49.1 Å². The summed E-state index contributed by atoms with van der Waals surface area (Å²) in [6, 6.07) is 12.3. The summed E-state index contributed by atoms with van der Waals surface area (Å²) in [4.78, 5) is 22.1. The summed E-state index contributed by atoms with van der Waals surface area (Å²) < 4.78 is 10.1. The number of rotatable bonds is 4. The van der Waals surface area contributed by atoms with E-state index in [1.54, 1.807) is 0 Å². The van der Waals surface area contributed by atoms with E-state index in [2.05, 4.69) is 26.4 Å². The molecule has 7 heteroatoms. The Morgan fingerprint density at radius 1 is 1.15 bits per heavy atom. The lowest BCUT2D eigenvalue weighted by atomic mass is 10.2. The van der Waals surface area contributed by atoms with Gasteiger partial charge in [-0.3, -0.25) is 4.79 Å². The van der Waals surface area contributed by atoms with Crippen molar-refractivity contribution in [1.29, 1.82) is 0 Å². The van der Waals surface area contributed by atoms with E-state index in [0.29, 0.717) is 19.0 Å². The quantitative estimate of drug-likeness (QED) is 0.694. The molecule has 3 heterocycles. The van der Waals surface area contributed by atoms with Crippen LogP contribution in [0.25, 0.3) is 10.2 Å². The molecule has 1 aliphatic rings. The topological polar surface area (TPSA) is 58.6 Å². The molecule has 1 saturated heterocycles. The third-order valence-corrected chi connectivity index (χ3v) is 5.55. The van der Waals surface area contributed by atoms with Crippen molar-refractivity contribution in [3.8, 4) is 5.88 Å². The molecule has 0 aliphatic carbocycles. The van der Waals surface area contributed by atoms with E-state index in [1.807, 2.05) is 43.0 Å². The van der Waals surface area contributed by atoms with Gasteiger partial charge in [-0.1, -0.05) is 18.2 Å². The summed E-state index contributed by atoms with van der Waals surface area (Å²) in [6.45, 7) is 7.06. The van der Waals surface area contributed by atoms with Crippen molar-refractivity contribution < 1.29 is 9.53 Å². The minimum atomic E-state index is 0.00147. The summed E-state index contributed by atoms with van der Waals surface area (Å²) in [5, 5.41) is 0.910. The van der Waals surface area contributed by atoms with Crippen molar-refractivity contribution in [2.45, 2.75) is 13.8 Å². The third-order valence-electron chi connectivity index (χ3n) is 4.83. The van der Waals surface area contributed by atoms with Crippen molar-refractivity contribution in [2.75, 3.05) is 37.7 Å². The zero-order valence-corrected chi connectivity index (χ0v) is 16.3. The standard InChI is InChI=1S/C20H22N4O2S/c1-14-12-15(2)21-20-18(14)19(22-27-20)26-13-17(25)24-10-8-23(9-11-24)16-6-4-3-5-7-16/h3-7,12H,8-11,13H2,1-2H3. The smallest absolute Gasteiger partial charge is 0.260 e. The molecule has 0 radical (unpaired) electrons. The molecule has 1 fully saturated rings. The first-order chi connectivity index (χ1) is 13.1. The number of fused-ring (bicyclic) bond motifs is 1. The van der Waals surface area contributed by atoms with Crippen molar-refractivity contribution in [3.05, 3.63) is 47.7 Å². The maximum Gasteiger partial charge on any atom is 0.260 e. The molecule has 0 N–H and O–H groups in total. The number of aryl methyl sites for hydroxylation is 2. The van der Waals surface area contributed by atoms with Crippen LogP contribution in [-0.4, -0.2) is 53.0 Å². The van der Waals surface area contributed by atoms with Gasteiger partial charge in [0.05, 0.1) is 5.39 Å². The van der Waals surface area contributed by atoms with Crippen LogP contribution in [0, 0.1) is 13.8 Å². The predicted octanol–water partition coefficient (Wildman–Crippen LogP) is 3.04. The number of nitrogens with zero attached hydrogens (tertiary/aromatic N) is 4. The average molecular weight is 382 g/mol. The molecule has 1 amide bonds. The van der Waals surface area contributed by atoms with Gasteiger partial charge in [-0.25, -0.2) is 4.98 Å². The predicted molar refractivity (Wildman–Crippen MR) is 108 cm³/mol. The Balaban J connectivity index is 1.35. The number of ether oxygens (including phenoxy) is 1. The highest BCUT2D eigenvalue weighted by molar-refractivity contribution is 7.13. The molecule has 27 heavy (non-hydrogen) atoms. The Labute approximate surface area is 162 Å². The van der Waals surface area contributed by atoms with Gasteiger partial charge in [0.2, 0.25) is 5.88 Å². The van der Waals surface area contributed by atoms with E-state index >= 15 is 0 Å². The highest BCUT2D eigenvalue weighted by Gasteiger charge is 2.22. The minimum Gasteiger partial charge on any atom is -0.466 e. The summed E-state index contributed by atoms with van der Waals surface area (Å²) in [5.41, 5.74) is 3.24. The van der Waals surface area contributed by atoms with Crippen LogP contribution < -0.4 is 9.64 Å². The van der Waals surface area contributed by atoms with Crippen LogP contribution in [0.2, 0.25) is 0 Å². The highest BCUT2D eigenvalue weighted by Crippen LogP contribution is 2.30. The summed E-state index contributed by atoms with van der Waals surface area (Å²) >= 11 is 1.31. The Hall–Kier alpha value is -2.67. The number of hydrogen-bond acceptors (Lipinski definition) is 6. The zero-order chi connectivity index (χ0) is 18.8. The lowest BCUT2D eigenvalue weighted by Gasteiger charge is -2.36. The van der Waals surface area contributed by atoms with E-state index in [4.69, 9.17) is 4.74 Å². The molecule has 0 unspecified atom stereocenters. The number of carbonyl (C=O) groups excluding carboxylic acids is 1. The van der Waals surface area contributed by atoms with Gasteiger partial charge < -0.3 is 14.5 Å². The molecular weight excluding hydrogens is 360 g/mol. The maximum atomic E-state index is 12.6. The van der Waals surface area contributed by atoms with Gasteiger partial charge in [0.1, 0.15) is 4.83 Å². The number of anilines is 1. The second-order valence-electron chi connectivity index (χ2n) is 6.74. The molecular formula is C20H22N4O2S. The maximum absolute atomic E-state index is 12.6. The van der Waals surface area contributed by atoms with Crippen LogP contribution in [0.4, 0.5) is 5.69 Å². The van der Waals surface area contributed by atoms with Crippen LogP contribution in [-0.2, 0) is 4.79 Å². The number of aromatic nitrogens is 2. The minimum absolute atomic E-state index is 0.00147. The summed E-state index contributed by atoms with van der Waals surface area (Å²) in [6.07, 6.45) is 0. The van der Waals surface area contributed by atoms with E-state index in [-0.39, 0.29) is 12.5 Å². The number of amides is 1. The monoisotopic (exact) mass is 382 g/mol. The molecule has 0 bridgehead atoms. The van der Waals surface area contributed by atoms with Crippen LogP contribution in [0.1, 0.15) is 11.3 Å². The molecule has 2 aromatic heterocycles. The van der Waals surface area contributed by atoms with Gasteiger partial charge in [0.25, 0.3) is 5.91 Å². The first-order valence-electron chi connectivity index (χ1n) is 9.06. The average Bonchev–Trinajstić information content (AvgIpc) is 3.10. The van der Waals surface area contributed by atoms with Gasteiger partial charge in [0.15, 0.2) is 6.61 Å². The van der Waals surface area contributed by atoms with Gasteiger partial charge in [-0.2, -0.15) is 4.37 Å². The third kappa shape index (κ3) is 3.73. The SMILES string of the molecule is Cc1cc(C)c2c(OCC(=O)N3CCN(c4ccccc4)CC3)nsc2n1.